The smallest absolute Gasteiger partial charge is 0.237 e. The second-order valence-corrected chi connectivity index (χ2v) is 6.30. The summed E-state index contributed by atoms with van der Waals surface area (Å²) >= 11 is 0. The number of carbonyl (C=O) groups is 1. The third kappa shape index (κ3) is 4.46. The lowest BCUT2D eigenvalue weighted by molar-refractivity contribution is -0.124. The van der Waals surface area contributed by atoms with Crippen molar-refractivity contribution in [1.29, 1.82) is 0 Å². The predicted octanol–water partition coefficient (Wildman–Crippen LogP) is 1.88. The van der Waals surface area contributed by atoms with E-state index in [1.165, 1.54) is 12.8 Å². The van der Waals surface area contributed by atoms with Gasteiger partial charge in [0, 0.05) is 18.1 Å². The van der Waals surface area contributed by atoms with Gasteiger partial charge in [0.25, 0.3) is 0 Å². The minimum Gasteiger partial charge on any atom is -0.368 e. The summed E-state index contributed by atoms with van der Waals surface area (Å²) in [5.41, 5.74) is 5.03. The van der Waals surface area contributed by atoms with Gasteiger partial charge in [0.05, 0.1) is 5.54 Å². The van der Waals surface area contributed by atoms with Gasteiger partial charge in [-0.25, -0.2) is 0 Å². The molecule has 1 fully saturated rings. The van der Waals surface area contributed by atoms with Crippen LogP contribution in [0.2, 0.25) is 0 Å². The van der Waals surface area contributed by atoms with Gasteiger partial charge in [-0.05, 0) is 53.0 Å². The summed E-state index contributed by atoms with van der Waals surface area (Å²) in [6.07, 6.45) is 5.38. The maximum absolute atomic E-state index is 11.8. The van der Waals surface area contributed by atoms with Crippen molar-refractivity contribution in [3.05, 3.63) is 0 Å². The molecule has 0 aromatic carbocycles. The Bertz CT molecular complexity index is 300. The number of nitrogens with one attached hydrogen (secondary N) is 1. The third-order valence-electron chi connectivity index (χ3n) is 4.56. The van der Waals surface area contributed by atoms with Crippen LogP contribution in [0, 0.1) is 0 Å². The zero-order valence-corrected chi connectivity index (χ0v) is 13.2. The molecule has 4 nitrogen and oxygen atoms in total. The summed E-state index contributed by atoms with van der Waals surface area (Å²) in [6.45, 7) is 8.57. The fourth-order valence-corrected chi connectivity index (χ4v) is 2.87. The molecule has 1 aliphatic rings. The first-order valence-electron chi connectivity index (χ1n) is 7.63. The Morgan fingerprint density at radius 3 is 2.32 bits per heavy atom. The Labute approximate surface area is 118 Å². The Balaban J connectivity index is 2.64. The maximum Gasteiger partial charge on any atom is 0.237 e. The first-order valence-corrected chi connectivity index (χ1v) is 7.63. The quantitative estimate of drug-likeness (QED) is 0.672. The average molecular weight is 269 g/mol. The van der Waals surface area contributed by atoms with Crippen molar-refractivity contribution >= 4 is 5.91 Å². The summed E-state index contributed by atoms with van der Waals surface area (Å²) in [7, 11) is 2.15. The van der Waals surface area contributed by atoms with Crippen LogP contribution >= 0.6 is 0 Å². The van der Waals surface area contributed by atoms with Crippen molar-refractivity contribution in [2.24, 2.45) is 5.73 Å². The molecule has 3 N–H and O–H groups in total. The van der Waals surface area contributed by atoms with Gasteiger partial charge >= 0.3 is 0 Å². The highest BCUT2D eigenvalue weighted by atomic mass is 16.1. The molecule has 1 aliphatic carbocycles. The van der Waals surface area contributed by atoms with Crippen LogP contribution in [0.4, 0.5) is 0 Å². The van der Waals surface area contributed by atoms with E-state index in [1.54, 1.807) is 0 Å². The van der Waals surface area contributed by atoms with Gasteiger partial charge in [0.15, 0.2) is 0 Å². The monoisotopic (exact) mass is 269 g/mol. The average Bonchev–Trinajstić information content (AvgIpc) is 3.13. The van der Waals surface area contributed by atoms with Gasteiger partial charge in [-0.3, -0.25) is 4.79 Å². The second kappa shape index (κ2) is 6.71. The number of nitrogens with two attached hydrogens (primary N) is 1. The van der Waals surface area contributed by atoms with Crippen molar-refractivity contribution in [3.8, 4) is 0 Å². The summed E-state index contributed by atoms with van der Waals surface area (Å²) in [5, 5.41) is 3.43. The number of hydrogen-bond donors (Lipinski definition) is 2. The first-order chi connectivity index (χ1) is 8.84. The Hall–Kier alpha value is -0.610. The molecule has 1 amide bonds. The van der Waals surface area contributed by atoms with Gasteiger partial charge in [-0.15, -0.1) is 0 Å². The minimum absolute atomic E-state index is 0.232. The second-order valence-electron chi connectivity index (χ2n) is 6.30. The van der Waals surface area contributed by atoms with Crippen LogP contribution in [0.25, 0.3) is 0 Å². The van der Waals surface area contributed by atoms with Crippen LogP contribution in [0.5, 0.6) is 0 Å². The van der Waals surface area contributed by atoms with Gasteiger partial charge in [-0.2, -0.15) is 0 Å². The van der Waals surface area contributed by atoms with Crippen molar-refractivity contribution < 1.29 is 4.79 Å². The van der Waals surface area contributed by atoms with Crippen LogP contribution in [0.3, 0.4) is 0 Å². The molecular weight excluding hydrogens is 238 g/mol. The molecule has 19 heavy (non-hydrogen) atoms. The SMILES string of the molecule is CCC(CC)N(C)C(C)CC(C)(NC1CC1)C(N)=O. The summed E-state index contributed by atoms with van der Waals surface area (Å²) < 4.78 is 0. The number of rotatable bonds is 9. The highest BCUT2D eigenvalue weighted by Crippen LogP contribution is 2.26. The van der Waals surface area contributed by atoms with Crippen LogP contribution in [0.15, 0.2) is 0 Å². The van der Waals surface area contributed by atoms with Crippen LogP contribution in [-0.4, -0.2) is 41.5 Å². The molecule has 0 bridgehead atoms. The van der Waals surface area contributed by atoms with E-state index in [0.717, 1.165) is 19.3 Å². The molecule has 1 saturated carbocycles. The molecule has 2 unspecified atom stereocenters. The molecule has 0 spiro atoms. The third-order valence-corrected chi connectivity index (χ3v) is 4.56. The van der Waals surface area contributed by atoms with E-state index in [-0.39, 0.29) is 5.91 Å². The van der Waals surface area contributed by atoms with Crippen LogP contribution in [0.1, 0.15) is 59.8 Å². The summed E-state index contributed by atoms with van der Waals surface area (Å²) in [4.78, 5) is 14.2. The number of primary amides is 1. The molecule has 112 valence electrons. The summed E-state index contributed by atoms with van der Waals surface area (Å²) in [5.74, 6) is -0.232. The van der Waals surface area contributed by atoms with Gasteiger partial charge < -0.3 is 16.0 Å². The fraction of sp³-hybridized carbons (Fsp3) is 0.933. The Morgan fingerprint density at radius 2 is 1.95 bits per heavy atom. The minimum atomic E-state index is -0.582. The largest absolute Gasteiger partial charge is 0.368 e. The van der Waals surface area contributed by atoms with Crippen molar-refractivity contribution in [2.75, 3.05) is 7.05 Å². The van der Waals surface area contributed by atoms with E-state index in [9.17, 15) is 4.79 Å². The molecule has 0 aromatic heterocycles. The Kier molecular flexibility index (Phi) is 5.81. The molecule has 1 rings (SSSR count). The van der Waals surface area contributed by atoms with Gasteiger partial charge in [0.2, 0.25) is 5.91 Å². The number of nitrogens with zero attached hydrogens (tertiary/aromatic N) is 1. The molecular formula is C15H31N3O. The van der Waals surface area contributed by atoms with Crippen molar-refractivity contribution in [2.45, 2.75) is 83.5 Å². The molecule has 0 aliphatic heterocycles. The highest BCUT2D eigenvalue weighted by Gasteiger charge is 2.39. The zero-order chi connectivity index (χ0) is 14.6. The molecule has 0 heterocycles. The maximum atomic E-state index is 11.8. The van der Waals surface area contributed by atoms with E-state index in [0.29, 0.717) is 18.1 Å². The van der Waals surface area contributed by atoms with E-state index >= 15 is 0 Å². The predicted molar refractivity (Wildman–Crippen MR) is 80.0 cm³/mol. The van der Waals surface area contributed by atoms with Crippen LogP contribution < -0.4 is 11.1 Å². The summed E-state index contributed by atoms with van der Waals surface area (Å²) in [6, 6.07) is 1.41. The zero-order valence-electron chi connectivity index (χ0n) is 13.2. The van der Waals surface area contributed by atoms with E-state index in [2.05, 4.69) is 38.0 Å². The van der Waals surface area contributed by atoms with E-state index in [4.69, 9.17) is 5.73 Å². The first kappa shape index (κ1) is 16.4. The lowest BCUT2D eigenvalue weighted by atomic mass is 9.91. The molecule has 0 saturated heterocycles. The fourth-order valence-electron chi connectivity index (χ4n) is 2.87. The van der Waals surface area contributed by atoms with Crippen molar-refractivity contribution in [1.82, 2.24) is 10.2 Å². The van der Waals surface area contributed by atoms with Crippen LogP contribution in [-0.2, 0) is 4.79 Å². The molecule has 0 radical (unpaired) electrons. The number of hydrogen-bond acceptors (Lipinski definition) is 3. The van der Waals surface area contributed by atoms with E-state index < -0.39 is 5.54 Å². The van der Waals surface area contributed by atoms with Crippen molar-refractivity contribution in [3.63, 3.8) is 0 Å². The normalized spacial score (nSPS) is 20.6. The number of amides is 1. The highest BCUT2D eigenvalue weighted by molar-refractivity contribution is 5.84. The van der Waals surface area contributed by atoms with E-state index in [1.807, 2.05) is 6.92 Å². The van der Waals surface area contributed by atoms with Gasteiger partial charge in [0.1, 0.15) is 0 Å². The Morgan fingerprint density at radius 1 is 1.42 bits per heavy atom. The lowest BCUT2D eigenvalue weighted by Crippen LogP contribution is -2.57. The lowest BCUT2D eigenvalue weighted by Gasteiger charge is -2.37. The molecule has 4 heteroatoms. The topological polar surface area (TPSA) is 58.4 Å². The standard InChI is InChI=1S/C15H31N3O/c1-6-13(7-2)18(5)11(3)10-15(4,14(16)19)17-12-8-9-12/h11-13,17H,6-10H2,1-5H3,(H2,16,19). The molecule has 2 atom stereocenters. The molecule has 0 aromatic rings. The number of carbonyl (C=O) groups excluding carboxylic acids is 1. The van der Waals surface area contributed by atoms with Gasteiger partial charge in [-0.1, -0.05) is 13.8 Å².